The summed E-state index contributed by atoms with van der Waals surface area (Å²) in [5, 5.41) is 0. The van der Waals surface area contributed by atoms with Crippen molar-refractivity contribution in [2.24, 2.45) is 5.92 Å². The number of hydrogen-bond acceptors (Lipinski definition) is 4. The van der Waals surface area contributed by atoms with E-state index in [2.05, 4.69) is 9.88 Å². The molecule has 6 heteroatoms. The SMILES string of the molecule is Cc1cccc(C(=O)N2CC[C@H]3[C@@H](COCCN3c3ccc(F)cc3)C2)n1. The molecular formula is C21H24FN3O2. The molecule has 1 amide bonds. The molecule has 0 bridgehead atoms. The molecule has 3 heterocycles. The number of piperidine rings is 1. The number of amides is 1. The summed E-state index contributed by atoms with van der Waals surface area (Å²) in [7, 11) is 0. The smallest absolute Gasteiger partial charge is 0.272 e. The number of carbonyl (C=O) groups is 1. The summed E-state index contributed by atoms with van der Waals surface area (Å²) in [5.41, 5.74) is 2.35. The zero-order chi connectivity index (χ0) is 18.8. The maximum atomic E-state index is 13.3. The largest absolute Gasteiger partial charge is 0.379 e. The van der Waals surface area contributed by atoms with E-state index in [0.29, 0.717) is 32.0 Å². The van der Waals surface area contributed by atoms with E-state index in [1.54, 1.807) is 6.07 Å². The number of likely N-dealkylation sites (tertiary alicyclic amines) is 1. The summed E-state index contributed by atoms with van der Waals surface area (Å²) in [6, 6.07) is 12.5. The number of benzene rings is 1. The van der Waals surface area contributed by atoms with Crippen molar-refractivity contribution in [2.75, 3.05) is 37.7 Å². The summed E-state index contributed by atoms with van der Waals surface area (Å²) >= 11 is 0. The van der Waals surface area contributed by atoms with Gasteiger partial charge in [-0.1, -0.05) is 6.07 Å². The number of halogens is 1. The molecule has 27 heavy (non-hydrogen) atoms. The minimum atomic E-state index is -0.229. The second-order valence-corrected chi connectivity index (χ2v) is 7.28. The van der Waals surface area contributed by atoms with Gasteiger partial charge in [0.2, 0.25) is 0 Å². The van der Waals surface area contributed by atoms with Gasteiger partial charge in [0.1, 0.15) is 11.5 Å². The standard InChI is InChI=1S/C21H24FN3O2/c1-15-3-2-4-19(23-15)21(26)24-10-9-20-16(13-24)14-27-12-11-25(20)18-7-5-17(22)6-8-18/h2-8,16,20H,9-14H2,1H3/t16-,20+/m1/s1. The molecule has 2 fully saturated rings. The first-order valence-corrected chi connectivity index (χ1v) is 9.45. The van der Waals surface area contributed by atoms with Crippen LogP contribution < -0.4 is 4.90 Å². The van der Waals surface area contributed by atoms with Crippen LogP contribution in [0.5, 0.6) is 0 Å². The second-order valence-electron chi connectivity index (χ2n) is 7.28. The van der Waals surface area contributed by atoms with Crippen molar-refractivity contribution in [1.29, 1.82) is 0 Å². The van der Waals surface area contributed by atoms with Gasteiger partial charge >= 0.3 is 0 Å². The lowest BCUT2D eigenvalue weighted by Gasteiger charge is -2.43. The van der Waals surface area contributed by atoms with Crippen LogP contribution in [0.3, 0.4) is 0 Å². The molecule has 2 aliphatic rings. The molecule has 142 valence electrons. The Balaban J connectivity index is 1.52. The van der Waals surface area contributed by atoms with Crippen LogP contribution in [0.15, 0.2) is 42.5 Å². The van der Waals surface area contributed by atoms with Crippen molar-refractivity contribution < 1.29 is 13.9 Å². The number of aryl methyl sites for hydroxylation is 1. The monoisotopic (exact) mass is 369 g/mol. The second kappa shape index (κ2) is 7.64. The predicted molar refractivity (Wildman–Crippen MR) is 101 cm³/mol. The van der Waals surface area contributed by atoms with Crippen LogP contribution in [0.25, 0.3) is 0 Å². The van der Waals surface area contributed by atoms with Gasteiger partial charge in [0.15, 0.2) is 0 Å². The summed E-state index contributed by atoms with van der Waals surface area (Å²) in [6.45, 7) is 5.28. The van der Waals surface area contributed by atoms with Gasteiger partial charge in [-0.3, -0.25) is 4.79 Å². The molecule has 2 atom stereocenters. The number of fused-ring (bicyclic) bond motifs is 1. The average molecular weight is 369 g/mol. The summed E-state index contributed by atoms with van der Waals surface area (Å²) in [5.74, 6) is -0.0257. The van der Waals surface area contributed by atoms with Crippen molar-refractivity contribution in [3.05, 3.63) is 59.7 Å². The van der Waals surface area contributed by atoms with Gasteiger partial charge in [-0.25, -0.2) is 9.37 Å². The van der Waals surface area contributed by atoms with Crippen molar-refractivity contribution >= 4 is 11.6 Å². The molecule has 0 unspecified atom stereocenters. The van der Waals surface area contributed by atoms with E-state index in [1.807, 2.05) is 36.1 Å². The number of carbonyl (C=O) groups excluding carboxylic acids is 1. The number of hydrogen-bond donors (Lipinski definition) is 0. The van der Waals surface area contributed by atoms with Crippen LogP contribution >= 0.6 is 0 Å². The first kappa shape index (κ1) is 17.9. The summed E-state index contributed by atoms with van der Waals surface area (Å²) in [4.78, 5) is 21.4. The molecular weight excluding hydrogens is 345 g/mol. The van der Waals surface area contributed by atoms with Gasteiger partial charge in [-0.15, -0.1) is 0 Å². The van der Waals surface area contributed by atoms with Gasteiger partial charge in [-0.2, -0.15) is 0 Å². The molecule has 1 aromatic carbocycles. The van der Waals surface area contributed by atoms with Crippen LogP contribution in [0.1, 0.15) is 22.6 Å². The van der Waals surface area contributed by atoms with E-state index < -0.39 is 0 Å². The lowest BCUT2D eigenvalue weighted by Crippen LogP contribution is -2.53. The molecule has 5 nitrogen and oxygen atoms in total. The lowest BCUT2D eigenvalue weighted by atomic mass is 9.91. The fourth-order valence-corrected chi connectivity index (χ4v) is 4.12. The quantitative estimate of drug-likeness (QED) is 0.817. The Morgan fingerprint density at radius 1 is 1.19 bits per heavy atom. The van der Waals surface area contributed by atoms with E-state index in [0.717, 1.165) is 24.3 Å². The Kier molecular flexibility index (Phi) is 5.07. The van der Waals surface area contributed by atoms with Crippen LogP contribution in [-0.4, -0.2) is 54.7 Å². The highest BCUT2D eigenvalue weighted by atomic mass is 19.1. The van der Waals surface area contributed by atoms with Crippen LogP contribution in [-0.2, 0) is 4.74 Å². The van der Waals surface area contributed by atoms with Gasteiger partial charge in [0.05, 0.1) is 13.2 Å². The van der Waals surface area contributed by atoms with Crippen molar-refractivity contribution in [3.63, 3.8) is 0 Å². The van der Waals surface area contributed by atoms with Crippen molar-refractivity contribution in [2.45, 2.75) is 19.4 Å². The number of pyridine rings is 1. The highest BCUT2D eigenvalue weighted by Crippen LogP contribution is 2.30. The van der Waals surface area contributed by atoms with Crippen LogP contribution in [0, 0.1) is 18.7 Å². The number of nitrogens with zero attached hydrogens (tertiary/aromatic N) is 3. The number of rotatable bonds is 2. The van der Waals surface area contributed by atoms with Gasteiger partial charge < -0.3 is 14.5 Å². The van der Waals surface area contributed by atoms with Crippen molar-refractivity contribution in [1.82, 2.24) is 9.88 Å². The third-order valence-corrected chi connectivity index (χ3v) is 5.46. The normalized spacial score (nSPS) is 22.9. The van der Waals surface area contributed by atoms with E-state index in [-0.39, 0.29) is 23.7 Å². The van der Waals surface area contributed by atoms with Gasteiger partial charge in [0, 0.05) is 43.0 Å². The highest BCUT2D eigenvalue weighted by molar-refractivity contribution is 5.92. The first-order valence-electron chi connectivity index (χ1n) is 9.45. The maximum Gasteiger partial charge on any atom is 0.272 e. The topological polar surface area (TPSA) is 45.7 Å². The van der Waals surface area contributed by atoms with E-state index in [4.69, 9.17) is 4.74 Å². The third kappa shape index (κ3) is 3.81. The number of anilines is 1. The molecule has 4 rings (SSSR count). The third-order valence-electron chi connectivity index (χ3n) is 5.46. The average Bonchev–Trinajstić information content (AvgIpc) is 2.90. The summed E-state index contributed by atoms with van der Waals surface area (Å²) in [6.07, 6.45) is 0.864. The fraction of sp³-hybridized carbons (Fsp3) is 0.429. The highest BCUT2D eigenvalue weighted by Gasteiger charge is 2.37. The first-order chi connectivity index (χ1) is 13.1. The predicted octanol–water partition coefficient (Wildman–Crippen LogP) is 2.90. The number of aromatic nitrogens is 1. The van der Waals surface area contributed by atoms with Gasteiger partial charge in [-0.05, 0) is 49.7 Å². The summed E-state index contributed by atoms with van der Waals surface area (Å²) < 4.78 is 19.1. The molecule has 2 aromatic rings. The Bertz CT molecular complexity index is 811. The molecule has 1 aromatic heterocycles. The zero-order valence-electron chi connectivity index (χ0n) is 15.5. The Labute approximate surface area is 158 Å². The van der Waals surface area contributed by atoms with Gasteiger partial charge in [0.25, 0.3) is 5.91 Å². The zero-order valence-corrected chi connectivity index (χ0v) is 15.5. The molecule has 0 saturated carbocycles. The molecule has 2 saturated heterocycles. The van der Waals surface area contributed by atoms with E-state index >= 15 is 0 Å². The lowest BCUT2D eigenvalue weighted by molar-refractivity contribution is 0.0516. The van der Waals surface area contributed by atoms with E-state index in [9.17, 15) is 9.18 Å². The van der Waals surface area contributed by atoms with Crippen LogP contribution in [0.4, 0.5) is 10.1 Å². The van der Waals surface area contributed by atoms with E-state index in [1.165, 1.54) is 12.1 Å². The molecule has 0 radical (unpaired) electrons. The Morgan fingerprint density at radius 2 is 2.00 bits per heavy atom. The molecule has 2 aliphatic heterocycles. The molecule has 0 aliphatic carbocycles. The molecule has 0 N–H and O–H groups in total. The van der Waals surface area contributed by atoms with Crippen molar-refractivity contribution in [3.8, 4) is 0 Å². The maximum absolute atomic E-state index is 13.3. The number of ether oxygens (including phenoxy) is 1. The molecule has 0 spiro atoms. The van der Waals surface area contributed by atoms with Crippen LogP contribution in [0.2, 0.25) is 0 Å². The fourth-order valence-electron chi connectivity index (χ4n) is 4.12. The minimum absolute atomic E-state index is 0.0188. The Hall–Kier alpha value is -2.47. The Morgan fingerprint density at radius 3 is 2.78 bits per heavy atom. The minimum Gasteiger partial charge on any atom is -0.379 e.